The smallest absolute Gasteiger partial charge is 0.342 e. The fourth-order valence-corrected chi connectivity index (χ4v) is 3.50. The molecule has 10 heteroatoms. The molecule has 0 saturated carbocycles. The lowest BCUT2D eigenvalue weighted by Gasteiger charge is -2.10. The lowest BCUT2D eigenvalue weighted by Crippen LogP contribution is -1.98. The molecule has 1 heterocycles. The van der Waals surface area contributed by atoms with E-state index in [1.54, 1.807) is 56.7 Å². The Morgan fingerprint density at radius 2 is 1.82 bits per heavy atom. The average molecular weight is 470 g/mol. The van der Waals surface area contributed by atoms with E-state index in [0.29, 0.717) is 46.6 Å². The zero-order valence-corrected chi connectivity index (χ0v) is 19.1. The van der Waals surface area contributed by atoms with Gasteiger partial charge >= 0.3 is 5.97 Å². The van der Waals surface area contributed by atoms with Crippen molar-refractivity contribution in [3.8, 4) is 34.4 Å². The predicted octanol–water partition coefficient (Wildman–Crippen LogP) is 4.28. The minimum Gasteiger partial charge on any atom is -0.497 e. The Hall–Kier alpha value is -3.92. The van der Waals surface area contributed by atoms with Crippen LogP contribution in [0.25, 0.3) is 17.5 Å². The summed E-state index contributed by atoms with van der Waals surface area (Å²) in [6.45, 7) is 3.94. The number of aromatic amines is 1. The van der Waals surface area contributed by atoms with Gasteiger partial charge in [0.1, 0.15) is 23.0 Å². The van der Waals surface area contributed by atoms with Gasteiger partial charge in [0.2, 0.25) is 5.16 Å². The summed E-state index contributed by atoms with van der Waals surface area (Å²) in [7, 11) is 4.62. The van der Waals surface area contributed by atoms with Crippen LogP contribution < -0.4 is 18.9 Å². The number of thioether (sulfide) groups is 1. The SMILES string of the molecule is C=CCOc1ccc(/C=C(\Sc2n[nH]c(-c3cc(OC)cc(OC)c3)n2)C(=O)O)cc1OC. The number of carboxylic acids is 1. The molecule has 0 bridgehead atoms. The van der Waals surface area contributed by atoms with Crippen molar-refractivity contribution in [1.82, 2.24) is 15.2 Å². The molecule has 0 spiro atoms. The number of H-pyrrole nitrogens is 1. The van der Waals surface area contributed by atoms with E-state index in [9.17, 15) is 9.90 Å². The van der Waals surface area contributed by atoms with Crippen molar-refractivity contribution in [3.05, 3.63) is 59.5 Å². The topological polar surface area (TPSA) is 116 Å². The molecule has 0 amide bonds. The molecule has 1 aromatic heterocycles. The van der Waals surface area contributed by atoms with Crippen molar-refractivity contribution in [2.45, 2.75) is 5.16 Å². The quantitative estimate of drug-likeness (QED) is 0.241. The molecule has 0 atom stereocenters. The molecule has 33 heavy (non-hydrogen) atoms. The fraction of sp³-hybridized carbons (Fsp3) is 0.174. The highest BCUT2D eigenvalue weighted by Crippen LogP contribution is 2.33. The third-order valence-electron chi connectivity index (χ3n) is 4.34. The Labute approximate surface area is 195 Å². The molecule has 2 N–H and O–H groups in total. The van der Waals surface area contributed by atoms with Crippen molar-refractivity contribution in [2.75, 3.05) is 27.9 Å². The van der Waals surface area contributed by atoms with Crippen LogP contribution in [-0.2, 0) is 4.79 Å². The monoisotopic (exact) mass is 469 g/mol. The maximum Gasteiger partial charge on any atom is 0.342 e. The molecule has 2 aromatic carbocycles. The summed E-state index contributed by atoms with van der Waals surface area (Å²) < 4.78 is 21.4. The lowest BCUT2D eigenvalue weighted by molar-refractivity contribution is -0.131. The number of hydrogen-bond donors (Lipinski definition) is 2. The van der Waals surface area contributed by atoms with Crippen LogP contribution in [0.2, 0.25) is 0 Å². The van der Waals surface area contributed by atoms with E-state index in [1.807, 2.05) is 0 Å². The number of hydrogen-bond acceptors (Lipinski definition) is 8. The second-order valence-electron chi connectivity index (χ2n) is 6.49. The Bertz CT molecular complexity index is 1150. The van der Waals surface area contributed by atoms with Crippen molar-refractivity contribution in [2.24, 2.45) is 0 Å². The van der Waals surface area contributed by atoms with Crippen LogP contribution in [0.4, 0.5) is 0 Å². The molecule has 0 aliphatic carbocycles. The standard InChI is InChI=1S/C23H23N3O6S/c1-5-8-32-18-7-6-14(9-19(18)31-4)10-20(22(27)28)33-23-24-21(25-26-23)15-11-16(29-2)13-17(12-15)30-3/h5-7,9-13H,1,8H2,2-4H3,(H,27,28)(H,24,25,26)/b20-10-. The Morgan fingerprint density at radius 3 is 2.42 bits per heavy atom. The van der Waals surface area contributed by atoms with Gasteiger partial charge in [-0.05, 0) is 47.7 Å². The number of aliphatic carboxylic acids is 1. The van der Waals surface area contributed by atoms with Gasteiger partial charge in [-0.15, -0.1) is 5.10 Å². The maximum absolute atomic E-state index is 11.9. The molecule has 0 saturated heterocycles. The third kappa shape index (κ3) is 6.07. The van der Waals surface area contributed by atoms with Crippen molar-refractivity contribution < 1.29 is 28.8 Å². The Kier molecular flexibility index (Phi) is 7.98. The van der Waals surface area contributed by atoms with E-state index in [4.69, 9.17) is 18.9 Å². The molecule has 0 unspecified atom stereocenters. The minimum atomic E-state index is -1.11. The van der Waals surface area contributed by atoms with Crippen molar-refractivity contribution in [1.29, 1.82) is 0 Å². The number of carboxylic acid groups (broad SMARTS) is 1. The normalized spacial score (nSPS) is 11.1. The highest BCUT2D eigenvalue weighted by Gasteiger charge is 2.16. The molecular weight excluding hydrogens is 446 g/mol. The van der Waals surface area contributed by atoms with Crippen molar-refractivity contribution in [3.63, 3.8) is 0 Å². The van der Waals surface area contributed by atoms with Crippen LogP contribution in [0, 0.1) is 0 Å². The minimum absolute atomic E-state index is 0.0329. The van der Waals surface area contributed by atoms with Gasteiger partial charge < -0.3 is 24.1 Å². The predicted molar refractivity (Wildman–Crippen MR) is 125 cm³/mol. The largest absolute Gasteiger partial charge is 0.497 e. The highest BCUT2D eigenvalue weighted by molar-refractivity contribution is 8.04. The zero-order valence-electron chi connectivity index (χ0n) is 18.3. The van der Waals surface area contributed by atoms with Gasteiger partial charge in [-0.2, -0.15) is 0 Å². The van der Waals surface area contributed by atoms with Gasteiger partial charge in [0.05, 0.1) is 21.3 Å². The van der Waals surface area contributed by atoms with Gasteiger partial charge in [0.15, 0.2) is 17.3 Å². The van der Waals surface area contributed by atoms with Gasteiger partial charge in [0, 0.05) is 11.6 Å². The maximum atomic E-state index is 11.9. The number of benzene rings is 2. The summed E-state index contributed by atoms with van der Waals surface area (Å²) in [5.74, 6) is 1.54. The van der Waals surface area contributed by atoms with Gasteiger partial charge in [-0.25, -0.2) is 9.78 Å². The molecule has 172 valence electrons. The molecule has 0 radical (unpaired) electrons. The number of aromatic nitrogens is 3. The second kappa shape index (κ2) is 11.1. The van der Waals surface area contributed by atoms with E-state index in [1.165, 1.54) is 13.2 Å². The number of rotatable bonds is 11. The summed E-state index contributed by atoms with van der Waals surface area (Å²) >= 11 is 0.919. The molecule has 0 fully saturated rings. The number of carbonyl (C=O) groups is 1. The average Bonchev–Trinajstić information content (AvgIpc) is 3.30. The van der Waals surface area contributed by atoms with Gasteiger partial charge in [-0.3, -0.25) is 5.10 Å². The first-order valence-corrected chi connectivity index (χ1v) is 10.5. The summed E-state index contributed by atoms with van der Waals surface area (Å²) in [6.07, 6.45) is 3.14. The molecule has 0 aliphatic heterocycles. The summed E-state index contributed by atoms with van der Waals surface area (Å²) in [5.41, 5.74) is 1.31. The number of nitrogens with zero attached hydrogens (tertiary/aromatic N) is 2. The number of methoxy groups -OCH3 is 3. The van der Waals surface area contributed by atoms with Crippen LogP contribution in [0.15, 0.2) is 59.1 Å². The van der Waals surface area contributed by atoms with E-state index in [0.717, 1.165) is 11.8 Å². The second-order valence-corrected chi connectivity index (χ2v) is 7.50. The molecule has 9 nitrogen and oxygen atoms in total. The lowest BCUT2D eigenvalue weighted by atomic mass is 10.2. The van der Waals surface area contributed by atoms with E-state index in [2.05, 4.69) is 21.8 Å². The Balaban J connectivity index is 1.86. The van der Waals surface area contributed by atoms with Crippen LogP contribution in [-0.4, -0.2) is 54.2 Å². The summed E-state index contributed by atoms with van der Waals surface area (Å²) in [6, 6.07) is 10.4. The van der Waals surface area contributed by atoms with Crippen molar-refractivity contribution >= 4 is 23.8 Å². The highest BCUT2D eigenvalue weighted by atomic mass is 32.2. The van der Waals surface area contributed by atoms with Crippen LogP contribution in [0.1, 0.15) is 5.56 Å². The third-order valence-corrected chi connectivity index (χ3v) is 5.22. The van der Waals surface area contributed by atoms with E-state index < -0.39 is 5.97 Å². The first-order chi connectivity index (χ1) is 16.0. The van der Waals surface area contributed by atoms with Gasteiger partial charge in [-0.1, -0.05) is 18.7 Å². The molecule has 0 aliphatic rings. The first-order valence-electron chi connectivity index (χ1n) is 9.67. The first kappa shape index (κ1) is 23.7. The van der Waals surface area contributed by atoms with Crippen LogP contribution in [0.5, 0.6) is 23.0 Å². The van der Waals surface area contributed by atoms with E-state index >= 15 is 0 Å². The summed E-state index contributed by atoms with van der Waals surface area (Å²) in [5, 5.41) is 16.9. The number of ether oxygens (including phenoxy) is 4. The molecular formula is C23H23N3O6S. The van der Waals surface area contributed by atoms with Crippen LogP contribution in [0.3, 0.4) is 0 Å². The zero-order chi connectivity index (χ0) is 23.8. The molecule has 3 rings (SSSR count). The van der Waals surface area contributed by atoms with E-state index in [-0.39, 0.29) is 10.1 Å². The number of nitrogens with one attached hydrogen (secondary N) is 1. The van der Waals surface area contributed by atoms with Crippen LogP contribution >= 0.6 is 11.8 Å². The summed E-state index contributed by atoms with van der Waals surface area (Å²) in [4.78, 5) is 16.3. The molecule has 3 aromatic rings. The van der Waals surface area contributed by atoms with Gasteiger partial charge in [0.25, 0.3) is 0 Å². The fourth-order valence-electron chi connectivity index (χ4n) is 2.79. The Morgan fingerprint density at radius 1 is 1.09 bits per heavy atom.